The van der Waals surface area contributed by atoms with Gasteiger partial charge in [0, 0.05) is 12.4 Å². The molecule has 0 aromatic heterocycles. The summed E-state index contributed by atoms with van der Waals surface area (Å²) in [7, 11) is 0. The minimum atomic E-state index is -2.58. The van der Waals surface area contributed by atoms with Gasteiger partial charge in [-0.2, -0.15) is 0 Å². The first-order chi connectivity index (χ1) is 8.93. The zero-order valence-electron chi connectivity index (χ0n) is 9.88. The zero-order chi connectivity index (χ0) is 14.4. The number of halogens is 5. The van der Waals surface area contributed by atoms with Gasteiger partial charge in [0.25, 0.3) is 6.43 Å². The van der Waals surface area contributed by atoms with Crippen molar-refractivity contribution in [2.24, 2.45) is 0 Å². The van der Waals surface area contributed by atoms with Crippen molar-refractivity contribution >= 4 is 40.7 Å². The highest BCUT2D eigenvalue weighted by Gasteiger charge is 2.18. The predicted octanol–water partition coefficient (Wildman–Crippen LogP) is 3.87. The largest absolute Gasteiger partial charge is 0.335 e. The van der Waals surface area contributed by atoms with E-state index in [2.05, 4.69) is 0 Å². The standard InChI is InChI=1S/C12H12Cl3F2NO/c13-3-4-18(7-11(16)17)12(19)6-8-1-2-9(14)10(15)5-8/h1-2,5,11H,3-4,6-7H2. The first-order valence-electron chi connectivity index (χ1n) is 5.50. The minimum absolute atomic E-state index is 0.0134. The Hall–Kier alpha value is -0.580. The molecule has 2 nitrogen and oxygen atoms in total. The number of nitrogens with zero attached hydrogens (tertiary/aromatic N) is 1. The molecule has 0 saturated heterocycles. The molecule has 0 aliphatic rings. The van der Waals surface area contributed by atoms with Gasteiger partial charge in [0.2, 0.25) is 5.91 Å². The van der Waals surface area contributed by atoms with Gasteiger partial charge in [-0.05, 0) is 17.7 Å². The maximum Gasteiger partial charge on any atom is 0.255 e. The van der Waals surface area contributed by atoms with E-state index in [9.17, 15) is 13.6 Å². The first kappa shape index (κ1) is 16.5. The Morgan fingerprint density at radius 3 is 2.47 bits per heavy atom. The fraction of sp³-hybridized carbons (Fsp3) is 0.417. The van der Waals surface area contributed by atoms with Gasteiger partial charge < -0.3 is 4.90 Å². The van der Waals surface area contributed by atoms with Crippen molar-refractivity contribution in [3.05, 3.63) is 33.8 Å². The summed E-state index contributed by atoms with van der Waals surface area (Å²) >= 11 is 17.1. The van der Waals surface area contributed by atoms with E-state index in [4.69, 9.17) is 34.8 Å². The van der Waals surface area contributed by atoms with Crippen molar-refractivity contribution in [1.82, 2.24) is 4.90 Å². The van der Waals surface area contributed by atoms with Crippen molar-refractivity contribution in [3.8, 4) is 0 Å². The quantitative estimate of drug-likeness (QED) is 0.725. The lowest BCUT2D eigenvalue weighted by molar-refractivity contribution is -0.132. The zero-order valence-corrected chi connectivity index (χ0v) is 12.2. The Labute approximate surface area is 125 Å². The molecule has 0 aliphatic carbocycles. The molecule has 106 valence electrons. The highest BCUT2D eigenvalue weighted by atomic mass is 35.5. The summed E-state index contributed by atoms with van der Waals surface area (Å²) < 4.78 is 24.7. The number of carbonyl (C=O) groups excluding carboxylic acids is 1. The molecule has 0 spiro atoms. The van der Waals surface area contributed by atoms with Gasteiger partial charge in [-0.25, -0.2) is 8.78 Å². The number of carbonyl (C=O) groups is 1. The molecule has 0 radical (unpaired) electrons. The number of alkyl halides is 3. The summed E-state index contributed by atoms with van der Waals surface area (Å²) in [6.45, 7) is -0.529. The molecule has 0 atom stereocenters. The summed E-state index contributed by atoms with van der Waals surface area (Å²) in [5, 5.41) is 0.702. The third-order valence-corrected chi connectivity index (χ3v) is 3.31. The number of hydrogen-bond donors (Lipinski definition) is 0. The molecular weight excluding hydrogens is 318 g/mol. The minimum Gasteiger partial charge on any atom is -0.335 e. The fourth-order valence-corrected chi connectivity index (χ4v) is 2.05. The van der Waals surface area contributed by atoms with Crippen LogP contribution < -0.4 is 0 Å². The fourth-order valence-electron chi connectivity index (χ4n) is 1.52. The molecule has 0 fully saturated rings. The van der Waals surface area contributed by atoms with Crippen LogP contribution in [0.25, 0.3) is 0 Å². The molecule has 1 aromatic carbocycles. The van der Waals surface area contributed by atoms with Crippen LogP contribution in [0.5, 0.6) is 0 Å². The highest BCUT2D eigenvalue weighted by molar-refractivity contribution is 6.42. The summed E-state index contributed by atoms with van der Waals surface area (Å²) in [5.74, 6) is -0.306. The molecule has 1 aromatic rings. The predicted molar refractivity (Wildman–Crippen MR) is 73.5 cm³/mol. The first-order valence-corrected chi connectivity index (χ1v) is 6.79. The van der Waals surface area contributed by atoms with Crippen molar-refractivity contribution in [2.45, 2.75) is 12.8 Å². The van der Waals surface area contributed by atoms with Crippen molar-refractivity contribution < 1.29 is 13.6 Å². The van der Waals surface area contributed by atoms with Gasteiger partial charge in [0.1, 0.15) is 0 Å². The molecule has 0 heterocycles. The Balaban J connectivity index is 2.72. The van der Waals surface area contributed by atoms with Crippen LogP contribution in [-0.4, -0.2) is 36.2 Å². The topological polar surface area (TPSA) is 20.3 Å². The van der Waals surface area contributed by atoms with Gasteiger partial charge >= 0.3 is 0 Å². The van der Waals surface area contributed by atoms with Crippen LogP contribution in [0.2, 0.25) is 10.0 Å². The molecule has 7 heteroatoms. The normalized spacial score (nSPS) is 10.8. The van der Waals surface area contributed by atoms with E-state index in [1.54, 1.807) is 18.2 Å². The van der Waals surface area contributed by atoms with Gasteiger partial charge in [0.05, 0.1) is 23.0 Å². The monoisotopic (exact) mass is 329 g/mol. The summed E-state index contributed by atoms with van der Waals surface area (Å²) in [5.41, 5.74) is 0.619. The van der Waals surface area contributed by atoms with E-state index < -0.39 is 18.9 Å². The second-order valence-electron chi connectivity index (χ2n) is 3.85. The van der Waals surface area contributed by atoms with Crippen LogP contribution in [0.4, 0.5) is 8.78 Å². The third kappa shape index (κ3) is 5.51. The molecule has 0 N–H and O–H groups in total. The average Bonchev–Trinajstić information content (AvgIpc) is 2.33. The van der Waals surface area contributed by atoms with Crippen molar-refractivity contribution in [2.75, 3.05) is 19.0 Å². The van der Waals surface area contributed by atoms with E-state index >= 15 is 0 Å². The molecule has 1 amide bonds. The lowest BCUT2D eigenvalue weighted by atomic mass is 10.1. The average molecular weight is 331 g/mol. The van der Waals surface area contributed by atoms with Crippen molar-refractivity contribution in [1.29, 1.82) is 0 Å². The molecule has 0 saturated carbocycles. The van der Waals surface area contributed by atoms with E-state index in [1.807, 2.05) is 0 Å². The van der Waals surface area contributed by atoms with Crippen LogP contribution in [-0.2, 0) is 11.2 Å². The molecule has 0 bridgehead atoms. The van der Waals surface area contributed by atoms with Gasteiger partial charge in [-0.15, -0.1) is 11.6 Å². The number of hydrogen-bond acceptors (Lipinski definition) is 1. The smallest absolute Gasteiger partial charge is 0.255 e. The lowest BCUT2D eigenvalue weighted by Gasteiger charge is -2.21. The van der Waals surface area contributed by atoms with Gasteiger partial charge in [-0.3, -0.25) is 4.79 Å². The van der Waals surface area contributed by atoms with E-state index in [1.165, 1.54) is 0 Å². The van der Waals surface area contributed by atoms with Crippen LogP contribution in [0.3, 0.4) is 0 Å². The third-order valence-electron chi connectivity index (χ3n) is 2.40. The van der Waals surface area contributed by atoms with Gasteiger partial charge in [0.15, 0.2) is 0 Å². The molecule has 19 heavy (non-hydrogen) atoms. The van der Waals surface area contributed by atoms with E-state index in [0.29, 0.717) is 15.6 Å². The molecular formula is C12H12Cl3F2NO. The Morgan fingerprint density at radius 1 is 1.26 bits per heavy atom. The maximum atomic E-state index is 12.3. The number of rotatable bonds is 6. The SMILES string of the molecule is O=C(Cc1ccc(Cl)c(Cl)c1)N(CCCl)CC(F)F. The molecule has 0 unspecified atom stereocenters. The molecule has 0 aliphatic heterocycles. The summed E-state index contributed by atoms with van der Waals surface area (Å²) in [6.07, 6.45) is -2.60. The summed E-state index contributed by atoms with van der Waals surface area (Å²) in [6, 6.07) is 4.74. The highest BCUT2D eigenvalue weighted by Crippen LogP contribution is 2.23. The van der Waals surface area contributed by atoms with Crippen LogP contribution in [0.1, 0.15) is 5.56 Å². The second-order valence-corrected chi connectivity index (χ2v) is 5.04. The molecule has 1 rings (SSSR count). The Bertz CT molecular complexity index is 443. The Kier molecular flexibility index (Phi) is 6.83. The Morgan fingerprint density at radius 2 is 1.95 bits per heavy atom. The second kappa shape index (κ2) is 7.88. The van der Waals surface area contributed by atoms with Crippen LogP contribution >= 0.6 is 34.8 Å². The van der Waals surface area contributed by atoms with E-state index in [-0.39, 0.29) is 18.8 Å². The van der Waals surface area contributed by atoms with E-state index in [0.717, 1.165) is 4.90 Å². The number of amides is 1. The van der Waals surface area contributed by atoms with Crippen LogP contribution in [0, 0.1) is 0 Å². The summed E-state index contributed by atoms with van der Waals surface area (Å²) in [4.78, 5) is 12.9. The van der Waals surface area contributed by atoms with Crippen molar-refractivity contribution in [3.63, 3.8) is 0 Å². The van der Waals surface area contributed by atoms with Gasteiger partial charge in [-0.1, -0.05) is 29.3 Å². The lowest BCUT2D eigenvalue weighted by Crippen LogP contribution is -2.37. The maximum absolute atomic E-state index is 12.3. The number of benzene rings is 1. The van der Waals surface area contributed by atoms with Crippen LogP contribution in [0.15, 0.2) is 18.2 Å².